The number of carbonyl (C=O) groups excluding carboxylic acids is 1. The Hall–Kier alpha value is -3.28. The summed E-state index contributed by atoms with van der Waals surface area (Å²) in [5, 5.41) is 7.85. The highest BCUT2D eigenvalue weighted by Crippen LogP contribution is 2.41. The lowest BCUT2D eigenvalue weighted by molar-refractivity contribution is 0.0919. The number of amides is 1. The molecule has 1 aliphatic rings. The first-order chi connectivity index (χ1) is 14.4. The summed E-state index contributed by atoms with van der Waals surface area (Å²) in [4.78, 5) is 13.0. The van der Waals surface area contributed by atoms with Gasteiger partial charge in [0.05, 0.1) is 37.8 Å². The Morgan fingerprint density at radius 2 is 1.83 bits per heavy atom. The average Bonchev–Trinajstić information content (AvgIpc) is 3.16. The molecule has 0 saturated heterocycles. The maximum Gasteiger partial charge on any atom is 0.251 e. The van der Waals surface area contributed by atoms with Gasteiger partial charge in [-0.25, -0.2) is 4.68 Å². The predicted molar refractivity (Wildman–Crippen MR) is 115 cm³/mol. The molecule has 0 fully saturated rings. The van der Waals surface area contributed by atoms with Crippen molar-refractivity contribution < 1.29 is 14.3 Å². The summed E-state index contributed by atoms with van der Waals surface area (Å²) >= 11 is 0. The lowest BCUT2D eigenvalue weighted by Gasteiger charge is -2.36. The Kier molecular flexibility index (Phi) is 5.24. The van der Waals surface area contributed by atoms with E-state index in [0.717, 1.165) is 29.8 Å². The Balaban J connectivity index is 1.64. The maximum atomic E-state index is 13.0. The summed E-state index contributed by atoms with van der Waals surface area (Å²) in [7, 11) is 3.14. The van der Waals surface area contributed by atoms with Crippen molar-refractivity contribution in [2.75, 3.05) is 14.2 Å². The van der Waals surface area contributed by atoms with Gasteiger partial charge in [0, 0.05) is 11.1 Å². The van der Waals surface area contributed by atoms with Gasteiger partial charge in [-0.1, -0.05) is 32.0 Å². The van der Waals surface area contributed by atoms with Gasteiger partial charge in [0.25, 0.3) is 5.91 Å². The molecule has 0 unspecified atom stereocenters. The number of aromatic nitrogens is 2. The third-order valence-electron chi connectivity index (χ3n) is 5.63. The molecule has 0 spiro atoms. The number of carbonyl (C=O) groups is 1. The highest BCUT2D eigenvalue weighted by molar-refractivity contribution is 5.95. The topological polar surface area (TPSA) is 65.4 Å². The van der Waals surface area contributed by atoms with Crippen LogP contribution >= 0.6 is 0 Å². The number of nitrogens with zero attached hydrogens (tertiary/aromatic N) is 2. The van der Waals surface area contributed by atoms with E-state index in [1.165, 1.54) is 0 Å². The molecule has 30 heavy (non-hydrogen) atoms. The molecule has 156 valence electrons. The van der Waals surface area contributed by atoms with Crippen molar-refractivity contribution in [3.8, 4) is 17.2 Å². The molecule has 0 saturated carbocycles. The quantitative estimate of drug-likeness (QED) is 0.686. The summed E-state index contributed by atoms with van der Waals surface area (Å²) in [6.07, 6.45) is 3.64. The third-order valence-corrected chi connectivity index (χ3v) is 5.63. The first-order valence-electron chi connectivity index (χ1n) is 10.1. The van der Waals surface area contributed by atoms with Crippen LogP contribution in [-0.2, 0) is 6.42 Å². The number of benzene rings is 2. The predicted octanol–water partition coefficient (Wildman–Crippen LogP) is 4.33. The monoisotopic (exact) mass is 405 g/mol. The molecule has 0 aliphatic heterocycles. The van der Waals surface area contributed by atoms with E-state index in [9.17, 15) is 4.79 Å². The number of para-hydroxylation sites is 1. The highest BCUT2D eigenvalue weighted by atomic mass is 16.5. The zero-order valence-corrected chi connectivity index (χ0v) is 17.8. The summed E-state index contributed by atoms with van der Waals surface area (Å²) in [5.74, 6) is 0.989. The van der Waals surface area contributed by atoms with Gasteiger partial charge in [0.15, 0.2) is 11.5 Å². The second-order valence-electron chi connectivity index (χ2n) is 8.43. The maximum absolute atomic E-state index is 13.0. The van der Waals surface area contributed by atoms with Crippen molar-refractivity contribution in [3.05, 3.63) is 71.5 Å². The number of ether oxygens (including phenoxy) is 2. The summed E-state index contributed by atoms with van der Waals surface area (Å²) in [6.45, 7) is 4.46. The zero-order chi connectivity index (χ0) is 21.3. The largest absolute Gasteiger partial charge is 0.493 e. The van der Waals surface area contributed by atoms with Crippen molar-refractivity contribution in [3.63, 3.8) is 0 Å². The zero-order valence-electron chi connectivity index (χ0n) is 17.8. The second-order valence-corrected chi connectivity index (χ2v) is 8.43. The molecule has 1 atom stereocenters. The van der Waals surface area contributed by atoms with E-state index in [1.54, 1.807) is 32.4 Å². The molecule has 3 aromatic rings. The van der Waals surface area contributed by atoms with E-state index in [4.69, 9.17) is 9.47 Å². The Morgan fingerprint density at radius 3 is 2.53 bits per heavy atom. The molecule has 0 bridgehead atoms. The van der Waals surface area contributed by atoms with Crippen molar-refractivity contribution in [1.82, 2.24) is 15.1 Å². The normalized spacial score (nSPS) is 17.1. The molecule has 6 heteroatoms. The molecule has 2 aromatic carbocycles. The molecule has 1 heterocycles. The Bertz CT molecular complexity index is 1060. The minimum absolute atomic E-state index is 0.0368. The van der Waals surface area contributed by atoms with Crippen LogP contribution in [0.25, 0.3) is 5.69 Å². The third kappa shape index (κ3) is 3.77. The molecule has 6 nitrogen and oxygen atoms in total. The minimum atomic E-state index is -0.142. The molecular formula is C24H27N3O3. The first kappa shape index (κ1) is 20.0. The molecule has 1 aromatic heterocycles. The van der Waals surface area contributed by atoms with Crippen molar-refractivity contribution >= 4 is 5.91 Å². The second kappa shape index (κ2) is 7.86. The fourth-order valence-electron chi connectivity index (χ4n) is 4.18. The molecule has 1 amide bonds. The van der Waals surface area contributed by atoms with Crippen LogP contribution in [-0.4, -0.2) is 29.9 Å². The van der Waals surface area contributed by atoms with Crippen molar-refractivity contribution in [2.45, 2.75) is 32.7 Å². The SMILES string of the molecule is COc1ccc(C(=O)N[C@@H]2CC(C)(C)Cc3c2cnn3-c2ccccc2)cc1OC. The van der Waals surface area contributed by atoms with Gasteiger partial charge in [0.1, 0.15) is 0 Å². The minimum Gasteiger partial charge on any atom is -0.493 e. The molecule has 4 rings (SSSR count). The van der Waals surface area contributed by atoms with Crippen LogP contribution in [0, 0.1) is 5.41 Å². The van der Waals surface area contributed by atoms with E-state index in [-0.39, 0.29) is 17.4 Å². The van der Waals surface area contributed by atoms with E-state index >= 15 is 0 Å². The van der Waals surface area contributed by atoms with Gasteiger partial charge < -0.3 is 14.8 Å². The van der Waals surface area contributed by atoms with Crippen LogP contribution in [0.3, 0.4) is 0 Å². The molecular weight excluding hydrogens is 378 g/mol. The highest BCUT2D eigenvalue weighted by Gasteiger charge is 2.36. The van der Waals surface area contributed by atoms with Crippen LogP contribution in [0.1, 0.15) is 47.9 Å². The lowest BCUT2D eigenvalue weighted by atomic mass is 9.74. The van der Waals surface area contributed by atoms with Gasteiger partial charge in [-0.15, -0.1) is 0 Å². The van der Waals surface area contributed by atoms with Gasteiger partial charge in [-0.3, -0.25) is 4.79 Å². The number of nitrogens with one attached hydrogen (secondary N) is 1. The van der Waals surface area contributed by atoms with E-state index in [2.05, 4.69) is 24.3 Å². The fraction of sp³-hybridized carbons (Fsp3) is 0.333. The van der Waals surface area contributed by atoms with Crippen LogP contribution in [0.2, 0.25) is 0 Å². The first-order valence-corrected chi connectivity index (χ1v) is 10.1. The molecule has 1 N–H and O–H groups in total. The van der Waals surface area contributed by atoms with E-state index in [1.807, 2.05) is 41.2 Å². The van der Waals surface area contributed by atoms with Crippen LogP contribution in [0.15, 0.2) is 54.7 Å². The van der Waals surface area contributed by atoms with Crippen molar-refractivity contribution in [1.29, 1.82) is 0 Å². The number of hydrogen-bond acceptors (Lipinski definition) is 4. The van der Waals surface area contributed by atoms with Gasteiger partial charge in [-0.05, 0) is 48.6 Å². The van der Waals surface area contributed by atoms with Crippen LogP contribution in [0.5, 0.6) is 11.5 Å². The number of rotatable bonds is 5. The van der Waals surface area contributed by atoms with Crippen LogP contribution < -0.4 is 14.8 Å². The Labute approximate surface area is 176 Å². The van der Waals surface area contributed by atoms with Crippen LogP contribution in [0.4, 0.5) is 0 Å². The Morgan fingerprint density at radius 1 is 1.10 bits per heavy atom. The average molecular weight is 405 g/mol. The summed E-state index contributed by atoms with van der Waals surface area (Å²) in [6, 6.07) is 15.2. The molecule has 1 aliphatic carbocycles. The van der Waals surface area contributed by atoms with Gasteiger partial charge in [-0.2, -0.15) is 5.10 Å². The van der Waals surface area contributed by atoms with E-state index < -0.39 is 0 Å². The number of hydrogen-bond donors (Lipinski definition) is 1. The molecule has 0 radical (unpaired) electrons. The number of fused-ring (bicyclic) bond motifs is 1. The standard InChI is InChI=1S/C24H27N3O3/c1-24(2)13-19(26-23(28)16-10-11-21(29-3)22(12-16)30-4)18-15-25-27(20(18)14-24)17-8-6-5-7-9-17/h5-12,15,19H,13-14H2,1-4H3,(H,26,28)/t19-/m1/s1. The van der Waals surface area contributed by atoms with Gasteiger partial charge >= 0.3 is 0 Å². The van der Waals surface area contributed by atoms with E-state index in [0.29, 0.717) is 17.1 Å². The number of methoxy groups -OCH3 is 2. The fourth-order valence-corrected chi connectivity index (χ4v) is 4.18. The van der Waals surface area contributed by atoms with Gasteiger partial charge in [0.2, 0.25) is 0 Å². The smallest absolute Gasteiger partial charge is 0.251 e. The van der Waals surface area contributed by atoms with Crippen molar-refractivity contribution in [2.24, 2.45) is 5.41 Å². The summed E-state index contributed by atoms with van der Waals surface area (Å²) in [5.41, 5.74) is 3.83. The summed E-state index contributed by atoms with van der Waals surface area (Å²) < 4.78 is 12.6. The lowest BCUT2D eigenvalue weighted by Crippen LogP contribution is -2.36.